The van der Waals surface area contributed by atoms with Crippen molar-refractivity contribution < 1.29 is 13.6 Å². The summed E-state index contributed by atoms with van der Waals surface area (Å²) in [5.74, 6) is 0. The third-order valence-corrected chi connectivity index (χ3v) is 5.39. The molecule has 8 heteroatoms. The Morgan fingerprint density at radius 2 is 2.00 bits per heavy atom. The molecule has 0 amide bonds. The first kappa shape index (κ1) is 13.6. The average molecular weight is 306 g/mol. The number of benzene rings is 1. The van der Waals surface area contributed by atoms with E-state index in [2.05, 4.69) is 10.3 Å². The fourth-order valence-electron chi connectivity index (χ4n) is 2.49. The largest absolute Gasteiger partial charge is 0.410 e. The minimum absolute atomic E-state index is 0.0384. The number of fused-ring (bicyclic) bond motifs is 2. The molecule has 0 radical (unpaired) electrons. The van der Waals surface area contributed by atoms with E-state index in [4.69, 9.17) is 0 Å². The Kier molecular flexibility index (Phi) is 2.98. The van der Waals surface area contributed by atoms with E-state index < -0.39 is 10.0 Å². The smallest absolute Gasteiger partial charge is 0.281 e. The maximum absolute atomic E-state index is 12.8. The number of rotatable bonds is 1. The molecular formula is C13H14N4O3S. The highest BCUT2D eigenvalue weighted by molar-refractivity contribution is 7.92. The van der Waals surface area contributed by atoms with Crippen LogP contribution in [0, 0.1) is 0 Å². The standard InChI is InChI=1S/C13H14N4O3S/c1-3-17-13-10(8-14-17)12(15-18)9-6-4-5-7-11(9)16(2)21(13,19)20/h4-8,18H,3H2,1-2H3/b15-12-. The second kappa shape index (κ2) is 4.59. The molecule has 110 valence electrons. The quantitative estimate of drug-likeness (QED) is 0.635. The Balaban J connectivity index is 2.46. The number of sulfonamides is 1. The summed E-state index contributed by atoms with van der Waals surface area (Å²) in [7, 11) is -2.29. The highest BCUT2D eigenvalue weighted by Gasteiger charge is 2.36. The number of nitrogens with zero attached hydrogens (tertiary/aromatic N) is 4. The Morgan fingerprint density at radius 1 is 1.29 bits per heavy atom. The summed E-state index contributed by atoms with van der Waals surface area (Å²) in [6.07, 6.45) is 1.42. The highest BCUT2D eigenvalue weighted by atomic mass is 32.2. The summed E-state index contributed by atoms with van der Waals surface area (Å²) >= 11 is 0. The maximum Gasteiger partial charge on any atom is 0.281 e. The molecule has 0 aliphatic carbocycles. The van der Waals surface area contributed by atoms with Crippen molar-refractivity contribution in [1.82, 2.24) is 9.78 Å². The molecule has 1 aliphatic rings. The van der Waals surface area contributed by atoms with Gasteiger partial charge in [0.05, 0.1) is 17.4 Å². The van der Waals surface area contributed by atoms with Gasteiger partial charge >= 0.3 is 0 Å². The van der Waals surface area contributed by atoms with E-state index in [1.54, 1.807) is 31.2 Å². The summed E-state index contributed by atoms with van der Waals surface area (Å²) in [5.41, 5.74) is 1.51. The lowest BCUT2D eigenvalue weighted by atomic mass is 10.0. The molecule has 2 aromatic rings. The number of hydrogen-bond acceptors (Lipinski definition) is 5. The number of oxime groups is 1. The van der Waals surface area contributed by atoms with Crippen LogP contribution in [0.3, 0.4) is 0 Å². The van der Waals surface area contributed by atoms with Gasteiger partial charge in [0, 0.05) is 19.2 Å². The third kappa shape index (κ3) is 1.75. The second-order valence-corrected chi connectivity index (χ2v) is 6.50. The first-order valence-electron chi connectivity index (χ1n) is 6.39. The number of anilines is 1. The fourth-order valence-corrected chi connectivity index (χ4v) is 4.04. The van der Waals surface area contributed by atoms with Gasteiger partial charge in [-0.15, -0.1) is 0 Å². The van der Waals surface area contributed by atoms with Gasteiger partial charge in [-0.3, -0.25) is 8.99 Å². The SMILES string of the molecule is CCn1ncc2c1S(=O)(=O)N(C)c1ccccc1/C2=N/O. The molecule has 7 nitrogen and oxygen atoms in total. The van der Waals surface area contributed by atoms with Crippen LogP contribution < -0.4 is 4.31 Å². The summed E-state index contributed by atoms with van der Waals surface area (Å²) in [6, 6.07) is 6.89. The zero-order valence-corrected chi connectivity index (χ0v) is 12.4. The predicted octanol–water partition coefficient (Wildman–Crippen LogP) is 1.27. The highest BCUT2D eigenvalue weighted by Crippen LogP contribution is 2.34. The van der Waals surface area contributed by atoms with E-state index >= 15 is 0 Å². The van der Waals surface area contributed by atoms with Gasteiger partial charge in [0.1, 0.15) is 5.71 Å². The van der Waals surface area contributed by atoms with Crippen molar-refractivity contribution >= 4 is 21.4 Å². The van der Waals surface area contributed by atoms with E-state index in [0.717, 1.165) is 0 Å². The van der Waals surface area contributed by atoms with Crippen LogP contribution in [0.15, 0.2) is 40.6 Å². The van der Waals surface area contributed by atoms with Crippen molar-refractivity contribution in [2.75, 3.05) is 11.4 Å². The van der Waals surface area contributed by atoms with Gasteiger partial charge in [0.15, 0.2) is 5.03 Å². The maximum atomic E-state index is 12.8. The summed E-state index contributed by atoms with van der Waals surface area (Å²) in [4.78, 5) is 0. The number of hydrogen-bond donors (Lipinski definition) is 1. The first-order chi connectivity index (χ1) is 10.0. The van der Waals surface area contributed by atoms with Crippen molar-refractivity contribution in [3.63, 3.8) is 0 Å². The van der Waals surface area contributed by atoms with Gasteiger partial charge in [-0.05, 0) is 13.0 Å². The van der Waals surface area contributed by atoms with Crippen molar-refractivity contribution in [2.45, 2.75) is 18.5 Å². The Hall–Kier alpha value is -2.35. The van der Waals surface area contributed by atoms with Gasteiger partial charge in [-0.1, -0.05) is 23.4 Å². The van der Waals surface area contributed by atoms with Crippen LogP contribution in [0.4, 0.5) is 5.69 Å². The third-order valence-electron chi connectivity index (χ3n) is 3.55. The molecule has 0 unspecified atom stereocenters. The lowest BCUT2D eigenvalue weighted by molar-refractivity contribution is 0.319. The molecule has 21 heavy (non-hydrogen) atoms. The molecular weight excluding hydrogens is 292 g/mol. The van der Waals surface area contributed by atoms with Crippen molar-refractivity contribution in [1.29, 1.82) is 0 Å². The predicted molar refractivity (Wildman–Crippen MR) is 77.4 cm³/mol. The van der Waals surface area contributed by atoms with Gasteiger partial charge < -0.3 is 5.21 Å². The van der Waals surface area contributed by atoms with Crippen LogP contribution in [-0.4, -0.2) is 36.2 Å². The normalized spacial score (nSPS) is 18.2. The molecule has 0 fully saturated rings. The Morgan fingerprint density at radius 3 is 2.67 bits per heavy atom. The molecule has 0 saturated carbocycles. The van der Waals surface area contributed by atoms with Gasteiger partial charge in [0.2, 0.25) is 0 Å². The van der Waals surface area contributed by atoms with Crippen LogP contribution in [0.2, 0.25) is 0 Å². The van der Waals surface area contributed by atoms with E-state index in [0.29, 0.717) is 23.4 Å². The van der Waals surface area contributed by atoms with Crippen molar-refractivity contribution in [3.05, 3.63) is 41.6 Å². The Labute approximate surface area is 122 Å². The van der Waals surface area contributed by atoms with Gasteiger partial charge in [0.25, 0.3) is 10.0 Å². The molecule has 0 atom stereocenters. The molecule has 1 aromatic heterocycles. The molecule has 1 aliphatic heterocycles. The summed E-state index contributed by atoms with van der Waals surface area (Å²) in [5, 5.41) is 16.8. The van der Waals surface area contributed by atoms with Gasteiger partial charge in [-0.25, -0.2) is 0 Å². The van der Waals surface area contributed by atoms with Crippen LogP contribution in [0.25, 0.3) is 0 Å². The van der Waals surface area contributed by atoms with E-state index in [-0.39, 0.29) is 10.7 Å². The van der Waals surface area contributed by atoms with Crippen LogP contribution >= 0.6 is 0 Å². The second-order valence-electron chi connectivity index (χ2n) is 4.62. The molecule has 0 bridgehead atoms. The minimum Gasteiger partial charge on any atom is -0.410 e. The van der Waals surface area contributed by atoms with Crippen molar-refractivity contribution in [2.24, 2.45) is 5.16 Å². The lowest BCUT2D eigenvalue weighted by Crippen LogP contribution is -2.28. The molecule has 0 spiro atoms. The molecule has 2 heterocycles. The lowest BCUT2D eigenvalue weighted by Gasteiger charge is -2.19. The number of aryl methyl sites for hydroxylation is 1. The topological polar surface area (TPSA) is 87.8 Å². The van der Waals surface area contributed by atoms with E-state index in [1.807, 2.05) is 0 Å². The van der Waals surface area contributed by atoms with Crippen LogP contribution in [-0.2, 0) is 16.6 Å². The molecule has 0 saturated heterocycles. The monoisotopic (exact) mass is 306 g/mol. The van der Waals surface area contributed by atoms with E-state index in [9.17, 15) is 13.6 Å². The van der Waals surface area contributed by atoms with Crippen molar-refractivity contribution in [3.8, 4) is 0 Å². The summed E-state index contributed by atoms with van der Waals surface area (Å²) < 4.78 is 28.2. The molecule has 3 rings (SSSR count). The van der Waals surface area contributed by atoms with Gasteiger partial charge in [-0.2, -0.15) is 13.5 Å². The molecule has 1 N–H and O–H groups in total. The summed E-state index contributed by atoms with van der Waals surface area (Å²) in [6.45, 7) is 2.20. The average Bonchev–Trinajstić information content (AvgIpc) is 2.89. The van der Waals surface area contributed by atoms with Crippen LogP contribution in [0.5, 0.6) is 0 Å². The fraction of sp³-hybridized carbons (Fsp3) is 0.231. The number of aromatic nitrogens is 2. The first-order valence-corrected chi connectivity index (χ1v) is 7.83. The number of para-hydroxylation sites is 1. The zero-order valence-electron chi connectivity index (χ0n) is 11.6. The minimum atomic E-state index is -3.77. The van der Waals surface area contributed by atoms with E-state index in [1.165, 1.54) is 22.2 Å². The molecule has 1 aromatic carbocycles. The van der Waals surface area contributed by atoms with Crippen LogP contribution in [0.1, 0.15) is 18.1 Å². The Bertz CT molecular complexity index is 839. The zero-order chi connectivity index (χ0) is 15.2.